The van der Waals surface area contributed by atoms with Gasteiger partial charge in [-0.3, -0.25) is 9.69 Å². The van der Waals surface area contributed by atoms with Crippen LogP contribution in [0.15, 0.2) is 102 Å². The zero-order valence-electron chi connectivity index (χ0n) is 20.7. The number of carbonyl (C=O) groups excluding carboxylic acids is 1. The Morgan fingerprint density at radius 1 is 0.892 bits per heavy atom. The van der Waals surface area contributed by atoms with E-state index in [0.717, 1.165) is 41.1 Å². The number of carbonyl (C=O) groups is 1. The van der Waals surface area contributed by atoms with E-state index in [1.807, 2.05) is 72.8 Å². The van der Waals surface area contributed by atoms with E-state index in [-0.39, 0.29) is 5.91 Å². The number of nitrogens with zero attached hydrogens (tertiary/aromatic N) is 2. The van der Waals surface area contributed by atoms with Gasteiger partial charge in [0.15, 0.2) is 4.32 Å². The highest BCUT2D eigenvalue weighted by molar-refractivity contribution is 8.27. The van der Waals surface area contributed by atoms with Crippen molar-refractivity contribution in [3.63, 3.8) is 0 Å². The van der Waals surface area contributed by atoms with Crippen LogP contribution >= 0.6 is 24.0 Å². The fraction of sp³-hybridized carbons (Fsp3) is 0.226. The SMILES string of the molecule is O=C1C(=CC=C(c2ccccc2)c2ccccc2)SC(=S)N1c1ccc(OCCCN2CCCC2)cc1. The molecule has 1 amide bonds. The lowest BCUT2D eigenvalue weighted by Gasteiger charge is -2.16. The number of thioether (sulfide) groups is 1. The number of likely N-dealkylation sites (tertiary alicyclic amines) is 1. The number of allylic oxidation sites excluding steroid dienone is 2. The predicted octanol–water partition coefficient (Wildman–Crippen LogP) is 6.93. The lowest BCUT2D eigenvalue weighted by atomic mass is 9.97. The summed E-state index contributed by atoms with van der Waals surface area (Å²) in [5.74, 6) is 0.704. The second kappa shape index (κ2) is 12.4. The maximum atomic E-state index is 13.3. The summed E-state index contributed by atoms with van der Waals surface area (Å²) < 4.78 is 6.45. The molecule has 0 spiro atoms. The summed E-state index contributed by atoms with van der Waals surface area (Å²) >= 11 is 6.92. The molecule has 0 N–H and O–H groups in total. The molecule has 2 heterocycles. The quantitative estimate of drug-likeness (QED) is 0.171. The van der Waals surface area contributed by atoms with Gasteiger partial charge in [0.05, 0.1) is 17.2 Å². The van der Waals surface area contributed by atoms with Crippen molar-refractivity contribution in [2.45, 2.75) is 19.3 Å². The third kappa shape index (κ3) is 6.39. The topological polar surface area (TPSA) is 32.8 Å². The smallest absolute Gasteiger partial charge is 0.270 e. The van der Waals surface area contributed by atoms with Gasteiger partial charge in [-0.1, -0.05) is 90.7 Å². The van der Waals surface area contributed by atoms with Crippen LogP contribution in [-0.4, -0.2) is 41.4 Å². The van der Waals surface area contributed by atoms with Gasteiger partial charge in [-0.2, -0.15) is 0 Å². The summed E-state index contributed by atoms with van der Waals surface area (Å²) in [7, 11) is 0. The Morgan fingerprint density at radius 3 is 2.14 bits per heavy atom. The number of amides is 1. The van der Waals surface area contributed by atoms with Crippen LogP contribution in [0.1, 0.15) is 30.4 Å². The number of rotatable bonds is 9. The molecule has 3 aromatic carbocycles. The van der Waals surface area contributed by atoms with E-state index in [9.17, 15) is 4.79 Å². The second-order valence-electron chi connectivity index (χ2n) is 9.10. The van der Waals surface area contributed by atoms with Gasteiger partial charge < -0.3 is 9.64 Å². The minimum atomic E-state index is -0.106. The van der Waals surface area contributed by atoms with Crippen molar-refractivity contribution < 1.29 is 9.53 Å². The summed E-state index contributed by atoms with van der Waals surface area (Å²) in [5, 5.41) is 0. The Hall–Kier alpha value is -3.19. The van der Waals surface area contributed by atoms with Crippen molar-refractivity contribution in [2.75, 3.05) is 31.1 Å². The monoisotopic (exact) mass is 526 g/mol. The highest BCUT2D eigenvalue weighted by atomic mass is 32.2. The van der Waals surface area contributed by atoms with Crippen LogP contribution in [0.2, 0.25) is 0 Å². The Bertz CT molecular complexity index is 1240. The van der Waals surface area contributed by atoms with E-state index >= 15 is 0 Å². The molecule has 0 atom stereocenters. The summed E-state index contributed by atoms with van der Waals surface area (Å²) in [6.45, 7) is 4.20. The maximum Gasteiger partial charge on any atom is 0.270 e. The molecule has 0 radical (unpaired) electrons. The number of thiocarbonyl (C=S) groups is 1. The second-order valence-corrected chi connectivity index (χ2v) is 10.8. The lowest BCUT2D eigenvalue weighted by Crippen LogP contribution is -2.27. The van der Waals surface area contributed by atoms with Crippen molar-refractivity contribution >= 4 is 45.5 Å². The van der Waals surface area contributed by atoms with E-state index in [4.69, 9.17) is 17.0 Å². The zero-order chi connectivity index (χ0) is 25.5. The number of benzene rings is 3. The molecule has 188 valence electrons. The van der Waals surface area contributed by atoms with Gasteiger partial charge in [0.2, 0.25) is 0 Å². The summed E-state index contributed by atoms with van der Waals surface area (Å²) in [6, 6.07) is 28.0. The standard InChI is InChI=1S/C31H30N2O2S2/c34-30-29(19-18-28(24-10-3-1-4-11-24)25-12-5-2-6-13-25)37-31(36)33(30)26-14-16-27(17-15-26)35-23-9-22-32-20-7-8-21-32/h1-6,10-19H,7-9,20-23H2. The van der Waals surface area contributed by atoms with Crippen molar-refractivity contribution in [3.05, 3.63) is 113 Å². The van der Waals surface area contributed by atoms with E-state index in [0.29, 0.717) is 15.8 Å². The molecule has 0 saturated carbocycles. The van der Waals surface area contributed by atoms with E-state index in [2.05, 4.69) is 29.2 Å². The van der Waals surface area contributed by atoms with Crippen LogP contribution in [0.5, 0.6) is 5.75 Å². The first-order valence-electron chi connectivity index (χ1n) is 12.7. The first kappa shape index (κ1) is 25.5. The molecule has 0 unspecified atom stereocenters. The largest absolute Gasteiger partial charge is 0.494 e. The van der Waals surface area contributed by atoms with Crippen LogP contribution < -0.4 is 9.64 Å². The summed E-state index contributed by atoms with van der Waals surface area (Å²) in [4.78, 5) is 18.0. The van der Waals surface area contributed by atoms with Crippen LogP contribution in [0.3, 0.4) is 0 Å². The van der Waals surface area contributed by atoms with Crippen molar-refractivity contribution in [1.29, 1.82) is 0 Å². The van der Waals surface area contributed by atoms with E-state index in [1.165, 1.54) is 37.7 Å². The number of hydrogen-bond acceptors (Lipinski definition) is 5. The van der Waals surface area contributed by atoms with Gasteiger partial charge in [0.25, 0.3) is 5.91 Å². The molecule has 0 aliphatic carbocycles. The van der Waals surface area contributed by atoms with Crippen LogP contribution in [0, 0.1) is 0 Å². The molecular weight excluding hydrogens is 496 g/mol. The molecule has 6 heteroatoms. The lowest BCUT2D eigenvalue weighted by molar-refractivity contribution is -0.113. The van der Waals surface area contributed by atoms with Gasteiger partial charge in [0.1, 0.15) is 5.75 Å². The molecule has 0 aromatic heterocycles. The van der Waals surface area contributed by atoms with Gasteiger partial charge in [-0.05, 0) is 79.4 Å². The maximum absolute atomic E-state index is 13.3. The molecule has 2 saturated heterocycles. The van der Waals surface area contributed by atoms with Gasteiger partial charge >= 0.3 is 0 Å². The minimum Gasteiger partial charge on any atom is -0.494 e. The van der Waals surface area contributed by atoms with Gasteiger partial charge in [0, 0.05) is 6.54 Å². The summed E-state index contributed by atoms with van der Waals surface area (Å²) in [6.07, 6.45) is 7.53. The Balaban J connectivity index is 1.27. The Morgan fingerprint density at radius 2 is 1.51 bits per heavy atom. The van der Waals surface area contributed by atoms with Crippen molar-refractivity contribution in [1.82, 2.24) is 4.90 Å². The normalized spacial score (nSPS) is 17.0. The van der Waals surface area contributed by atoms with Gasteiger partial charge in [-0.15, -0.1) is 0 Å². The van der Waals surface area contributed by atoms with Crippen LogP contribution in [-0.2, 0) is 4.79 Å². The summed E-state index contributed by atoms with van der Waals surface area (Å²) in [5.41, 5.74) is 4.00. The predicted molar refractivity (Wildman–Crippen MR) is 158 cm³/mol. The van der Waals surface area contributed by atoms with Crippen LogP contribution in [0.25, 0.3) is 5.57 Å². The average Bonchev–Trinajstić information content (AvgIpc) is 3.56. The molecule has 2 fully saturated rings. The molecule has 2 aliphatic heterocycles. The van der Waals surface area contributed by atoms with Crippen molar-refractivity contribution in [2.24, 2.45) is 0 Å². The fourth-order valence-electron chi connectivity index (χ4n) is 4.63. The minimum absolute atomic E-state index is 0.106. The van der Waals surface area contributed by atoms with Crippen LogP contribution in [0.4, 0.5) is 5.69 Å². The Labute approximate surface area is 228 Å². The molecular formula is C31H30N2O2S2. The highest BCUT2D eigenvalue weighted by Crippen LogP contribution is 2.36. The molecule has 3 aromatic rings. The number of hydrogen-bond donors (Lipinski definition) is 0. The molecule has 4 nitrogen and oxygen atoms in total. The fourth-order valence-corrected chi connectivity index (χ4v) is 5.87. The third-order valence-electron chi connectivity index (χ3n) is 6.55. The first-order chi connectivity index (χ1) is 18.2. The molecule has 37 heavy (non-hydrogen) atoms. The third-order valence-corrected chi connectivity index (χ3v) is 7.87. The van der Waals surface area contributed by atoms with Crippen molar-refractivity contribution in [3.8, 4) is 5.75 Å². The molecule has 5 rings (SSSR count). The highest BCUT2D eigenvalue weighted by Gasteiger charge is 2.33. The number of anilines is 1. The first-order valence-corrected chi connectivity index (χ1v) is 14.0. The molecule has 0 bridgehead atoms. The average molecular weight is 527 g/mol. The van der Waals surface area contributed by atoms with E-state index < -0.39 is 0 Å². The number of ether oxygens (including phenoxy) is 1. The van der Waals surface area contributed by atoms with E-state index in [1.54, 1.807) is 4.90 Å². The Kier molecular flexibility index (Phi) is 8.51. The van der Waals surface area contributed by atoms with Gasteiger partial charge in [-0.25, -0.2) is 0 Å². The molecule has 2 aliphatic rings. The zero-order valence-corrected chi connectivity index (χ0v) is 22.3.